The van der Waals surface area contributed by atoms with E-state index in [1.54, 1.807) is 12.4 Å². The maximum atomic E-state index is 14.0. The molecule has 5 aromatic rings. The average Bonchev–Trinajstić information content (AvgIpc) is 3.70. The number of aromatic nitrogens is 5. The Morgan fingerprint density at radius 1 is 1.03 bits per heavy atom. The average molecular weight is 523 g/mol. The normalized spacial score (nSPS) is 20.1. The minimum atomic E-state index is 0.00795. The van der Waals surface area contributed by atoms with E-state index in [0.29, 0.717) is 28.7 Å². The number of hydrogen-bond donors (Lipinski definition) is 1. The third-order valence-electron chi connectivity index (χ3n) is 8.75. The molecule has 1 N–H and O–H groups in total. The van der Waals surface area contributed by atoms with Crippen LogP contribution in [0.1, 0.15) is 37.3 Å². The molecule has 0 amide bonds. The number of pyridine rings is 2. The summed E-state index contributed by atoms with van der Waals surface area (Å²) >= 11 is 0. The maximum Gasteiger partial charge on any atom is 0.216 e. The van der Waals surface area contributed by atoms with Gasteiger partial charge in [0.25, 0.3) is 0 Å². The van der Waals surface area contributed by atoms with Crippen LogP contribution in [0, 0.1) is 0 Å². The third-order valence-corrected chi connectivity index (χ3v) is 8.75. The van der Waals surface area contributed by atoms with Gasteiger partial charge >= 0.3 is 0 Å². The second kappa shape index (κ2) is 9.64. The largest absolute Gasteiger partial charge is 0.379 e. The molecule has 2 aliphatic rings. The first-order valence-electron chi connectivity index (χ1n) is 14.0. The van der Waals surface area contributed by atoms with Crippen LogP contribution in [0.15, 0.2) is 59.8 Å². The molecule has 2 atom stereocenters. The van der Waals surface area contributed by atoms with Crippen LogP contribution >= 0.6 is 0 Å². The fourth-order valence-corrected chi connectivity index (χ4v) is 6.61. The lowest BCUT2D eigenvalue weighted by Crippen LogP contribution is -2.28. The van der Waals surface area contributed by atoms with Crippen molar-refractivity contribution in [2.75, 3.05) is 43.4 Å². The topological polar surface area (TPSA) is 83.6 Å². The summed E-state index contributed by atoms with van der Waals surface area (Å²) < 4.78 is 4.28. The summed E-state index contributed by atoms with van der Waals surface area (Å²) in [5.41, 5.74) is 5.35. The number of imidazole rings is 1. The summed E-state index contributed by atoms with van der Waals surface area (Å²) in [6.45, 7) is 3.64. The zero-order chi connectivity index (χ0) is 26.5. The number of fused-ring (bicyclic) bond motifs is 5. The molecule has 0 spiro atoms. The minimum Gasteiger partial charge on any atom is -0.379 e. The standard InChI is InChI=1S/C30H34N8O/c1-35-16-5-6-21(35)11-13-33-27-28(39)22-9-10-26(37-17-12-20(19-37)23-18-31-14-15-32-23)34-29(22)38-25-8-4-3-7-24(25)36(2)30(27)38/h3-4,7-10,14-15,18,20-21,33H,5-6,11-13,16-17,19H2,1-2H3. The Balaban J connectivity index is 1.31. The van der Waals surface area contributed by atoms with E-state index in [0.717, 1.165) is 67.2 Å². The van der Waals surface area contributed by atoms with E-state index in [-0.39, 0.29) is 5.43 Å². The molecule has 39 heavy (non-hydrogen) atoms. The first-order chi connectivity index (χ1) is 19.1. The highest BCUT2D eigenvalue weighted by molar-refractivity contribution is 5.95. The molecular weight excluding hydrogens is 488 g/mol. The Bertz CT molecular complexity index is 1730. The highest BCUT2D eigenvalue weighted by atomic mass is 16.1. The summed E-state index contributed by atoms with van der Waals surface area (Å²) in [4.78, 5) is 32.6. The molecule has 2 fully saturated rings. The van der Waals surface area contributed by atoms with Crippen LogP contribution < -0.4 is 15.6 Å². The number of nitrogens with zero attached hydrogens (tertiary/aromatic N) is 7. The summed E-state index contributed by atoms with van der Waals surface area (Å²) in [7, 11) is 4.23. The van der Waals surface area contributed by atoms with E-state index in [1.807, 2.05) is 37.5 Å². The van der Waals surface area contributed by atoms with Crippen LogP contribution in [-0.2, 0) is 7.05 Å². The predicted octanol–water partition coefficient (Wildman–Crippen LogP) is 4.02. The molecule has 4 aromatic heterocycles. The van der Waals surface area contributed by atoms with Gasteiger partial charge in [-0.05, 0) is 63.5 Å². The second-order valence-corrected chi connectivity index (χ2v) is 11.0. The summed E-state index contributed by atoms with van der Waals surface area (Å²) in [5.74, 6) is 1.21. The van der Waals surface area contributed by atoms with Crippen LogP contribution in [0.5, 0.6) is 0 Å². The predicted molar refractivity (Wildman–Crippen MR) is 156 cm³/mol. The number of para-hydroxylation sites is 2. The van der Waals surface area contributed by atoms with Crippen molar-refractivity contribution in [1.29, 1.82) is 0 Å². The van der Waals surface area contributed by atoms with Crippen LogP contribution in [0.3, 0.4) is 0 Å². The first kappa shape index (κ1) is 24.1. The maximum absolute atomic E-state index is 14.0. The van der Waals surface area contributed by atoms with Crippen LogP contribution in [-0.4, -0.2) is 68.1 Å². The number of likely N-dealkylation sites (tertiary alicyclic amines) is 1. The van der Waals surface area contributed by atoms with Crippen LogP contribution in [0.2, 0.25) is 0 Å². The lowest BCUT2D eigenvalue weighted by Gasteiger charge is -2.20. The molecule has 1 aromatic carbocycles. The number of aryl methyl sites for hydroxylation is 1. The highest BCUT2D eigenvalue weighted by Crippen LogP contribution is 2.32. The summed E-state index contributed by atoms with van der Waals surface area (Å²) in [6, 6.07) is 12.8. The van der Waals surface area contributed by atoms with Gasteiger partial charge in [0.05, 0.1) is 22.1 Å². The Labute approximate surface area is 227 Å². The van der Waals surface area contributed by atoms with E-state index in [1.165, 1.54) is 12.8 Å². The lowest BCUT2D eigenvalue weighted by molar-refractivity contribution is 0.301. The molecule has 0 saturated carbocycles. The number of nitrogens with one attached hydrogen (secondary N) is 1. The van der Waals surface area contributed by atoms with Gasteiger partial charge in [0.15, 0.2) is 5.65 Å². The minimum absolute atomic E-state index is 0.00795. The number of hydrogen-bond acceptors (Lipinski definition) is 7. The zero-order valence-electron chi connectivity index (χ0n) is 22.5. The molecule has 0 bridgehead atoms. The zero-order valence-corrected chi connectivity index (χ0v) is 22.5. The molecule has 2 unspecified atom stereocenters. The first-order valence-corrected chi connectivity index (χ1v) is 14.0. The van der Waals surface area contributed by atoms with Gasteiger partial charge in [0.2, 0.25) is 5.43 Å². The molecule has 0 aliphatic carbocycles. The fraction of sp³-hybridized carbons (Fsp3) is 0.400. The van der Waals surface area contributed by atoms with Gasteiger partial charge in [0, 0.05) is 57.2 Å². The van der Waals surface area contributed by atoms with Gasteiger partial charge in [0.1, 0.15) is 17.2 Å². The quantitative estimate of drug-likeness (QED) is 0.361. The monoisotopic (exact) mass is 522 g/mol. The molecule has 6 heterocycles. The van der Waals surface area contributed by atoms with Crippen molar-refractivity contribution in [3.8, 4) is 0 Å². The Kier molecular flexibility index (Phi) is 5.96. The summed E-state index contributed by atoms with van der Waals surface area (Å²) in [6.07, 6.45) is 9.82. The van der Waals surface area contributed by atoms with Crippen LogP contribution in [0.4, 0.5) is 11.5 Å². The van der Waals surface area contributed by atoms with E-state index in [4.69, 9.17) is 4.98 Å². The Morgan fingerprint density at radius 2 is 1.90 bits per heavy atom. The van der Waals surface area contributed by atoms with E-state index in [2.05, 4.69) is 53.2 Å². The van der Waals surface area contributed by atoms with Crippen molar-refractivity contribution < 1.29 is 0 Å². The molecule has 2 aliphatic heterocycles. The molecule has 9 nitrogen and oxygen atoms in total. The smallest absolute Gasteiger partial charge is 0.216 e. The summed E-state index contributed by atoms with van der Waals surface area (Å²) in [5, 5.41) is 4.20. The van der Waals surface area contributed by atoms with Crippen molar-refractivity contribution in [2.45, 2.75) is 37.6 Å². The van der Waals surface area contributed by atoms with Gasteiger partial charge in [-0.3, -0.25) is 19.2 Å². The van der Waals surface area contributed by atoms with E-state index < -0.39 is 0 Å². The van der Waals surface area contributed by atoms with E-state index >= 15 is 0 Å². The van der Waals surface area contributed by atoms with Gasteiger partial charge in [-0.15, -0.1) is 0 Å². The van der Waals surface area contributed by atoms with Crippen molar-refractivity contribution in [3.05, 3.63) is 70.9 Å². The van der Waals surface area contributed by atoms with Gasteiger partial charge in [-0.25, -0.2) is 4.98 Å². The third kappa shape index (κ3) is 4.03. The molecule has 200 valence electrons. The fourth-order valence-electron chi connectivity index (χ4n) is 6.61. The Morgan fingerprint density at radius 3 is 2.69 bits per heavy atom. The van der Waals surface area contributed by atoms with Crippen LogP contribution in [0.25, 0.3) is 27.7 Å². The molecule has 7 rings (SSSR count). The van der Waals surface area contributed by atoms with Crippen molar-refractivity contribution >= 4 is 39.2 Å². The number of anilines is 2. The Hall–Kier alpha value is -3.98. The molecule has 9 heteroatoms. The lowest BCUT2D eigenvalue weighted by atomic mass is 10.1. The number of rotatable bonds is 6. The van der Waals surface area contributed by atoms with Gasteiger partial charge < -0.3 is 19.7 Å². The molecule has 0 radical (unpaired) electrons. The number of benzene rings is 1. The SMILES string of the molecule is CN1CCCC1CCNc1c(=O)c2ccc(N3CCC(c4cnccn4)C3)nc2n2c3ccccc3n(C)c12. The van der Waals surface area contributed by atoms with Crippen molar-refractivity contribution in [1.82, 2.24) is 28.8 Å². The van der Waals surface area contributed by atoms with Crippen molar-refractivity contribution in [3.63, 3.8) is 0 Å². The highest BCUT2D eigenvalue weighted by Gasteiger charge is 2.27. The second-order valence-electron chi connectivity index (χ2n) is 11.0. The van der Waals surface area contributed by atoms with Gasteiger partial charge in [-0.2, -0.15) is 0 Å². The molecule has 2 saturated heterocycles. The molecular formula is C30H34N8O. The van der Waals surface area contributed by atoms with Crippen molar-refractivity contribution in [2.24, 2.45) is 7.05 Å². The van der Waals surface area contributed by atoms with E-state index in [9.17, 15) is 4.79 Å². The van der Waals surface area contributed by atoms with Gasteiger partial charge in [-0.1, -0.05) is 12.1 Å².